The number of urea groups is 1. The van der Waals surface area contributed by atoms with Crippen LogP contribution in [0.15, 0.2) is 60.7 Å². The van der Waals surface area contributed by atoms with Crippen LogP contribution in [-0.2, 0) is 20.0 Å². The third kappa shape index (κ3) is 3.45. The fourth-order valence-electron chi connectivity index (χ4n) is 3.82. The van der Waals surface area contributed by atoms with Gasteiger partial charge in [-0.3, -0.25) is 4.68 Å². The number of hydrogen-bond donors (Lipinski definition) is 1. The lowest BCUT2D eigenvalue weighted by molar-refractivity contribution is 0.188. The molecule has 1 aliphatic rings. The lowest BCUT2D eigenvalue weighted by Gasteiger charge is -2.30. The van der Waals surface area contributed by atoms with Crippen LogP contribution < -0.4 is 5.32 Å². The van der Waals surface area contributed by atoms with Crippen LogP contribution >= 0.6 is 0 Å². The first-order valence-electron chi connectivity index (χ1n) is 9.30. The van der Waals surface area contributed by atoms with Crippen LogP contribution in [-0.4, -0.2) is 27.3 Å². The number of rotatable bonds is 3. The highest BCUT2D eigenvalue weighted by molar-refractivity contribution is 5.75. The van der Waals surface area contributed by atoms with E-state index >= 15 is 0 Å². The third-order valence-electron chi connectivity index (χ3n) is 5.27. The molecule has 3 aromatic rings. The fourth-order valence-corrected chi connectivity index (χ4v) is 3.82. The zero-order valence-electron chi connectivity index (χ0n) is 15.7. The van der Waals surface area contributed by atoms with Crippen LogP contribution in [0.25, 0.3) is 0 Å². The Morgan fingerprint density at radius 2 is 1.63 bits per heavy atom. The minimum atomic E-state index is -0.172. The van der Waals surface area contributed by atoms with Gasteiger partial charge in [-0.25, -0.2) is 4.79 Å². The van der Waals surface area contributed by atoms with Crippen molar-refractivity contribution in [1.29, 1.82) is 0 Å². The largest absolute Gasteiger partial charge is 0.327 e. The van der Waals surface area contributed by atoms with Crippen molar-refractivity contribution in [2.75, 3.05) is 6.54 Å². The Balaban J connectivity index is 1.57. The zero-order chi connectivity index (χ0) is 18.8. The normalized spacial score (nSPS) is 13.5. The lowest BCUT2D eigenvalue weighted by atomic mass is 9.99. The summed E-state index contributed by atoms with van der Waals surface area (Å²) >= 11 is 0. The molecule has 0 saturated heterocycles. The highest BCUT2D eigenvalue weighted by Gasteiger charge is 2.27. The zero-order valence-corrected chi connectivity index (χ0v) is 15.7. The molecule has 2 amide bonds. The average molecular weight is 360 g/mol. The number of nitrogens with one attached hydrogen (secondary N) is 1. The van der Waals surface area contributed by atoms with Gasteiger partial charge in [0, 0.05) is 13.6 Å². The van der Waals surface area contributed by atoms with Crippen LogP contribution in [0.5, 0.6) is 0 Å². The number of amides is 2. The van der Waals surface area contributed by atoms with Crippen LogP contribution in [0.2, 0.25) is 0 Å². The van der Waals surface area contributed by atoms with Gasteiger partial charge in [0.15, 0.2) is 0 Å². The van der Waals surface area contributed by atoms with Gasteiger partial charge in [-0.15, -0.1) is 0 Å². The first-order valence-corrected chi connectivity index (χ1v) is 9.30. The number of nitrogens with zero attached hydrogens (tertiary/aromatic N) is 3. The van der Waals surface area contributed by atoms with Crippen molar-refractivity contribution in [1.82, 2.24) is 20.0 Å². The SMILES string of the molecule is Cc1nn(C)c2c1CCN(C(=O)NC(c1ccccc1)c1ccccc1)C2. The topological polar surface area (TPSA) is 50.2 Å². The number of aryl methyl sites for hydroxylation is 2. The molecule has 2 heterocycles. The molecule has 0 saturated carbocycles. The van der Waals surface area contributed by atoms with Crippen molar-refractivity contribution in [2.24, 2.45) is 7.05 Å². The molecule has 5 heteroatoms. The molecule has 0 fully saturated rings. The maximum absolute atomic E-state index is 13.1. The van der Waals surface area contributed by atoms with Crippen molar-refractivity contribution in [2.45, 2.75) is 25.9 Å². The van der Waals surface area contributed by atoms with Crippen molar-refractivity contribution in [3.8, 4) is 0 Å². The Morgan fingerprint density at radius 1 is 1.04 bits per heavy atom. The average Bonchev–Trinajstić information content (AvgIpc) is 3.00. The number of fused-ring (bicyclic) bond motifs is 1. The van der Waals surface area contributed by atoms with E-state index in [2.05, 4.69) is 34.7 Å². The maximum atomic E-state index is 13.1. The highest BCUT2D eigenvalue weighted by atomic mass is 16.2. The van der Waals surface area contributed by atoms with Gasteiger partial charge in [-0.05, 0) is 30.0 Å². The minimum Gasteiger partial charge on any atom is -0.327 e. The van der Waals surface area contributed by atoms with Crippen LogP contribution in [0.4, 0.5) is 4.79 Å². The molecule has 4 rings (SSSR count). The minimum absolute atomic E-state index is 0.0443. The Labute approximate surface area is 159 Å². The number of carbonyl (C=O) groups is 1. The van der Waals surface area contributed by atoms with Gasteiger partial charge in [-0.2, -0.15) is 5.10 Å². The summed E-state index contributed by atoms with van der Waals surface area (Å²) in [6.07, 6.45) is 0.851. The number of carbonyl (C=O) groups excluding carboxylic acids is 1. The summed E-state index contributed by atoms with van der Waals surface area (Å²) in [5.74, 6) is 0. The van der Waals surface area contributed by atoms with Gasteiger partial charge < -0.3 is 10.2 Å². The number of hydrogen-bond acceptors (Lipinski definition) is 2. The molecular weight excluding hydrogens is 336 g/mol. The smallest absolute Gasteiger partial charge is 0.318 e. The third-order valence-corrected chi connectivity index (χ3v) is 5.27. The molecule has 1 aromatic heterocycles. The monoisotopic (exact) mass is 360 g/mol. The Morgan fingerprint density at radius 3 is 2.22 bits per heavy atom. The molecule has 2 aromatic carbocycles. The van der Waals surface area contributed by atoms with E-state index < -0.39 is 0 Å². The van der Waals surface area contributed by atoms with E-state index in [4.69, 9.17) is 0 Å². The van der Waals surface area contributed by atoms with E-state index in [1.165, 1.54) is 5.56 Å². The molecule has 138 valence electrons. The summed E-state index contributed by atoms with van der Waals surface area (Å²) in [6.45, 7) is 3.34. The second kappa shape index (κ2) is 7.27. The predicted molar refractivity (Wildman–Crippen MR) is 105 cm³/mol. The first kappa shape index (κ1) is 17.3. The van der Waals surface area contributed by atoms with Gasteiger partial charge in [-0.1, -0.05) is 60.7 Å². The molecule has 0 spiro atoms. The van der Waals surface area contributed by atoms with E-state index in [9.17, 15) is 4.79 Å². The molecule has 0 radical (unpaired) electrons. The van der Waals surface area contributed by atoms with Gasteiger partial charge in [0.05, 0.1) is 24.0 Å². The summed E-state index contributed by atoms with van der Waals surface area (Å²) in [5.41, 5.74) is 5.63. The van der Waals surface area contributed by atoms with Crippen LogP contribution in [0.1, 0.15) is 34.1 Å². The summed E-state index contributed by atoms with van der Waals surface area (Å²) in [7, 11) is 1.95. The van der Waals surface area contributed by atoms with Gasteiger partial charge in [0.2, 0.25) is 0 Å². The molecule has 0 unspecified atom stereocenters. The lowest BCUT2D eigenvalue weighted by Crippen LogP contribution is -2.44. The van der Waals surface area contributed by atoms with Gasteiger partial charge in [0.25, 0.3) is 0 Å². The van der Waals surface area contributed by atoms with Gasteiger partial charge >= 0.3 is 6.03 Å². The second-order valence-corrected chi connectivity index (χ2v) is 7.01. The number of aromatic nitrogens is 2. The number of benzene rings is 2. The molecule has 0 bridgehead atoms. The van der Waals surface area contributed by atoms with Crippen molar-refractivity contribution in [3.63, 3.8) is 0 Å². The molecule has 1 aliphatic heterocycles. The Hall–Kier alpha value is -3.08. The van der Waals surface area contributed by atoms with Crippen molar-refractivity contribution < 1.29 is 4.79 Å². The van der Waals surface area contributed by atoms with E-state index in [-0.39, 0.29) is 12.1 Å². The molecule has 5 nitrogen and oxygen atoms in total. The van der Waals surface area contributed by atoms with Gasteiger partial charge in [0.1, 0.15) is 0 Å². The van der Waals surface area contributed by atoms with Crippen molar-refractivity contribution >= 4 is 6.03 Å². The molecule has 0 aliphatic carbocycles. The molecular formula is C22H24N4O. The molecule has 27 heavy (non-hydrogen) atoms. The Kier molecular flexibility index (Phi) is 4.67. The summed E-state index contributed by atoms with van der Waals surface area (Å²) in [5, 5.41) is 7.73. The van der Waals surface area contributed by atoms with E-state index in [1.807, 2.05) is 60.0 Å². The highest BCUT2D eigenvalue weighted by Crippen LogP contribution is 2.24. The molecule has 0 atom stereocenters. The van der Waals surface area contributed by atoms with E-state index in [0.717, 1.165) is 28.9 Å². The van der Waals surface area contributed by atoms with Crippen LogP contribution in [0.3, 0.4) is 0 Å². The standard InChI is InChI=1S/C22H24N4O/c1-16-19-13-14-26(15-20(19)25(2)24-16)22(27)23-21(17-9-5-3-6-10-17)18-11-7-4-8-12-18/h3-12,21H,13-15H2,1-2H3,(H,23,27). The van der Waals surface area contributed by atoms with E-state index in [0.29, 0.717) is 13.1 Å². The quantitative estimate of drug-likeness (QED) is 0.776. The van der Waals surface area contributed by atoms with E-state index in [1.54, 1.807) is 0 Å². The predicted octanol–water partition coefficient (Wildman–Crippen LogP) is 3.59. The van der Waals surface area contributed by atoms with Crippen molar-refractivity contribution in [3.05, 3.63) is 88.7 Å². The van der Waals surface area contributed by atoms with Crippen LogP contribution in [0, 0.1) is 6.92 Å². The maximum Gasteiger partial charge on any atom is 0.318 e. The summed E-state index contributed by atoms with van der Waals surface area (Å²) in [6, 6.07) is 20.0. The second-order valence-electron chi connectivity index (χ2n) is 7.01. The first-order chi connectivity index (χ1) is 13.1. The summed E-state index contributed by atoms with van der Waals surface area (Å²) < 4.78 is 1.90. The summed E-state index contributed by atoms with van der Waals surface area (Å²) in [4.78, 5) is 14.9. The fraction of sp³-hybridized carbons (Fsp3) is 0.273. The Bertz CT molecular complexity index is 894. The molecule has 1 N–H and O–H groups in total.